The lowest BCUT2D eigenvalue weighted by Gasteiger charge is -2.08. The molecule has 0 heterocycles. The van der Waals surface area contributed by atoms with Crippen molar-refractivity contribution >= 4 is 23.5 Å². The number of amides is 1. The van der Waals surface area contributed by atoms with Gasteiger partial charge in [-0.05, 0) is 24.6 Å². The van der Waals surface area contributed by atoms with Crippen molar-refractivity contribution in [2.24, 2.45) is 5.92 Å². The smallest absolute Gasteiger partial charge is 0.306 e. The van der Waals surface area contributed by atoms with Crippen molar-refractivity contribution in [3.8, 4) is 5.75 Å². The molecular weight excluding hydrogens is 258 g/mol. The molecule has 1 atom stereocenters. The first-order chi connectivity index (χ1) is 8.41. The Morgan fingerprint density at radius 2 is 2.11 bits per heavy atom. The van der Waals surface area contributed by atoms with Crippen molar-refractivity contribution in [2.75, 3.05) is 6.54 Å². The summed E-state index contributed by atoms with van der Waals surface area (Å²) in [6.45, 7) is 1.84. The molecule has 0 aliphatic heterocycles. The largest absolute Gasteiger partial charge is 0.506 e. The van der Waals surface area contributed by atoms with Crippen molar-refractivity contribution in [2.45, 2.75) is 13.3 Å². The molecule has 0 aliphatic rings. The number of phenolic OH excluding ortho intramolecular Hbond substituents is 1. The third-order valence-corrected chi connectivity index (χ3v) is 2.80. The van der Waals surface area contributed by atoms with Crippen LogP contribution in [0.15, 0.2) is 18.2 Å². The maximum atomic E-state index is 11.7. The molecule has 0 aliphatic carbocycles. The van der Waals surface area contributed by atoms with E-state index in [0.29, 0.717) is 12.0 Å². The molecule has 18 heavy (non-hydrogen) atoms. The van der Waals surface area contributed by atoms with E-state index in [9.17, 15) is 14.7 Å². The molecule has 0 fully saturated rings. The first kappa shape index (κ1) is 14.3. The molecule has 6 heteroatoms. The molecule has 1 aromatic carbocycles. The number of phenols is 1. The van der Waals surface area contributed by atoms with E-state index in [-0.39, 0.29) is 23.2 Å². The maximum Gasteiger partial charge on any atom is 0.306 e. The maximum absolute atomic E-state index is 11.7. The lowest BCUT2D eigenvalue weighted by molar-refractivity contribution is -0.141. The fourth-order valence-corrected chi connectivity index (χ4v) is 1.46. The number of rotatable bonds is 5. The van der Waals surface area contributed by atoms with Gasteiger partial charge in [-0.25, -0.2) is 0 Å². The summed E-state index contributed by atoms with van der Waals surface area (Å²) in [4.78, 5) is 22.2. The predicted molar refractivity (Wildman–Crippen MR) is 66.9 cm³/mol. The van der Waals surface area contributed by atoms with Gasteiger partial charge >= 0.3 is 5.97 Å². The minimum atomic E-state index is -0.892. The average Bonchev–Trinajstić information content (AvgIpc) is 2.32. The summed E-state index contributed by atoms with van der Waals surface area (Å²) in [5.74, 6) is -1.84. The summed E-state index contributed by atoms with van der Waals surface area (Å²) in [6.07, 6.45) is 0.354. The van der Waals surface area contributed by atoms with Crippen LogP contribution in [0, 0.1) is 5.92 Å². The minimum Gasteiger partial charge on any atom is -0.506 e. The molecule has 98 valence electrons. The van der Waals surface area contributed by atoms with Crippen molar-refractivity contribution in [1.29, 1.82) is 0 Å². The fraction of sp³-hybridized carbons (Fsp3) is 0.333. The second-order valence-electron chi connectivity index (χ2n) is 3.95. The lowest BCUT2D eigenvalue weighted by Crippen LogP contribution is -2.27. The van der Waals surface area contributed by atoms with Gasteiger partial charge in [0.2, 0.25) is 0 Å². The molecule has 0 spiro atoms. The van der Waals surface area contributed by atoms with E-state index in [1.807, 2.05) is 0 Å². The normalized spacial score (nSPS) is 11.9. The molecule has 0 saturated heterocycles. The molecule has 0 bridgehead atoms. The van der Waals surface area contributed by atoms with Crippen LogP contribution in [0.5, 0.6) is 5.75 Å². The van der Waals surface area contributed by atoms with Crippen molar-refractivity contribution < 1.29 is 19.8 Å². The van der Waals surface area contributed by atoms with Gasteiger partial charge in [0.1, 0.15) is 5.75 Å². The molecule has 0 radical (unpaired) electrons. The van der Waals surface area contributed by atoms with Gasteiger partial charge in [0.05, 0.1) is 10.9 Å². The predicted octanol–water partition coefficient (Wildman–Crippen LogP) is 1.89. The molecule has 0 aromatic heterocycles. The minimum absolute atomic E-state index is 0.0901. The number of hydrogen-bond acceptors (Lipinski definition) is 3. The van der Waals surface area contributed by atoms with Crippen LogP contribution in [0.25, 0.3) is 0 Å². The Bertz CT molecular complexity index is 461. The molecule has 0 saturated carbocycles. The highest BCUT2D eigenvalue weighted by Crippen LogP contribution is 2.23. The van der Waals surface area contributed by atoms with E-state index in [0.717, 1.165) is 0 Å². The van der Waals surface area contributed by atoms with Gasteiger partial charge in [0.25, 0.3) is 5.91 Å². The van der Waals surface area contributed by atoms with Gasteiger partial charge < -0.3 is 15.5 Å². The Kier molecular flexibility index (Phi) is 4.97. The first-order valence-electron chi connectivity index (χ1n) is 5.41. The quantitative estimate of drug-likeness (QED) is 0.763. The highest BCUT2D eigenvalue weighted by atomic mass is 35.5. The van der Waals surface area contributed by atoms with Crippen LogP contribution in [-0.4, -0.2) is 28.6 Å². The number of halogens is 1. The van der Waals surface area contributed by atoms with Gasteiger partial charge in [-0.1, -0.05) is 18.5 Å². The van der Waals surface area contributed by atoms with Crippen LogP contribution in [0.1, 0.15) is 23.7 Å². The van der Waals surface area contributed by atoms with E-state index >= 15 is 0 Å². The zero-order valence-corrected chi connectivity index (χ0v) is 10.6. The molecule has 1 rings (SSSR count). The van der Waals surface area contributed by atoms with Gasteiger partial charge in [-0.15, -0.1) is 0 Å². The highest BCUT2D eigenvalue weighted by Gasteiger charge is 2.12. The Morgan fingerprint density at radius 1 is 1.44 bits per heavy atom. The van der Waals surface area contributed by atoms with Gasteiger partial charge in [-0.2, -0.15) is 0 Å². The van der Waals surface area contributed by atoms with Crippen LogP contribution < -0.4 is 5.32 Å². The molecule has 5 nitrogen and oxygen atoms in total. The SMILES string of the molecule is CC(CCNC(=O)c1ccc(O)c(Cl)c1)C(=O)O. The van der Waals surface area contributed by atoms with E-state index in [1.54, 1.807) is 6.92 Å². The number of hydrogen-bond donors (Lipinski definition) is 3. The monoisotopic (exact) mass is 271 g/mol. The Hall–Kier alpha value is -1.75. The molecule has 1 amide bonds. The Labute approximate surface area is 109 Å². The topological polar surface area (TPSA) is 86.6 Å². The highest BCUT2D eigenvalue weighted by molar-refractivity contribution is 6.32. The fourth-order valence-electron chi connectivity index (χ4n) is 1.28. The van der Waals surface area contributed by atoms with Crippen LogP contribution in [0.2, 0.25) is 5.02 Å². The number of carboxylic acids is 1. The van der Waals surface area contributed by atoms with Crippen molar-refractivity contribution in [3.63, 3.8) is 0 Å². The second-order valence-corrected chi connectivity index (χ2v) is 4.36. The molecular formula is C12H14ClNO4. The van der Waals surface area contributed by atoms with Gasteiger partial charge in [0, 0.05) is 12.1 Å². The number of aliphatic carboxylic acids is 1. The average molecular weight is 272 g/mol. The molecule has 1 aromatic rings. The zero-order valence-electron chi connectivity index (χ0n) is 9.81. The van der Waals surface area contributed by atoms with E-state index < -0.39 is 11.9 Å². The van der Waals surface area contributed by atoms with Gasteiger partial charge in [0.15, 0.2) is 0 Å². The Morgan fingerprint density at radius 3 is 2.67 bits per heavy atom. The third kappa shape index (κ3) is 3.92. The standard InChI is InChI=1S/C12H14ClNO4/c1-7(12(17)18)4-5-14-11(16)8-2-3-10(15)9(13)6-8/h2-3,6-7,15H,4-5H2,1H3,(H,14,16)(H,17,18). The van der Waals surface area contributed by atoms with Crippen LogP contribution in [0.4, 0.5) is 0 Å². The Balaban J connectivity index is 2.50. The third-order valence-electron chi connectivity index (χ3n) is 2.49. The first-order valence-corrected chi connectivity index (χ1v) is 5.79. The van der Waals surface area contributed by atoms with E-state index in [1.165, 1.54) is 18.2 Å². The van der Waals surface area contributed by atoms with Crippen molar-refractivity contribution in [3.05, 3.63) is 28.8 Å². The molecule has 1 unspecified atom stereocenters. The second kappa shape index (κ2) is 6.26. The number of carbonyl (C=O) groups excluding carboxylic acids is 1. The number of carbonyl (C=O) groups is 2. The number of carboxylic acid groups (broad SMARTS) is 1. The summed E-state index contributed by atoms with van der Waals surface area (Å²) in [5, 5.41) is 20.6. The van der Waals surface area contributed by atoms with Crippen molar-refractivity contribution in [1.82, 2.24) is 5.32 Å². The van der Waals surface area contributed by atoms with Gasteiger partial charge in [-0.3, -0.25) is 9.59 Å². The van der Waals surface area contributed by atoms with Crippen LogP contribution in [0.3, 0.4) is 0 Å². The summed E-state index contributed by atoms with van der Waals surface area (Å²) in [5.41, 5.74) is 0.320. The van der Waals surface area contributed by atoms with E-state index in [2.05, 4.69) is 5.32 Å². The zero-order chi connectivity index (χ0) is 13.7. The number of aromatic hydroxyl groups is 1. The summed E-state index contributed by atoms with van der Waals surface area (Å²) >= 11 is 5.68. The number of benzene rings is 1. The summed E-state index contributed by atoms with van der Waals surface area (Å²) in [7, 11) is 0. The van der Waals surface area contributed by atoms with Crippen LogP contribution >= 0.6 is 11.6 Å². The molecule has 3 N–H and O–H groups in total. The summed E-state index contributed by atoms with van der Waals surface area (Å²) in [6, 6.07) is 4.13. The summed E-state index contributed by atoms with van der Waals surface area (Å²) < 4.78 is 0. The lowest BCUT2D eigenvalue weighted by atomic mass is 10.1. The van der Waals surface area contributed by atoms with E-state index in [4.69, 9.17) is 16.7 Å². The van der Waals surface area contributed by atoms with Crippen LogP contribution in [-0.2, 0) is 4.79 Å². The number of nitrogens with one attached hydrogen (secondary N) is 1.